The lowest BCUT2D eigenvalue weighted by molar-refractivity contribution is 0.517. The molecule has 5 rings (SSSR count). The van der Waals surface area contributed by atoms with Gasteiger partial charge >= 0.3 is 0 Å². The van der Waals surface area contributed by atoms with Gasteiger partial charge in [0.25, 0.3) is 0 Å². The summed E-state index contributed by atoms with van der Waals surface area (Å²) < 4.78 is 12.7. The topological polar surface area (TPSA) is 81.4 Å². The molecule has 0 aliphatic rings. The van der Waals surface area contributed by atoms with Crippen molar-refractivity contribution in [2.75, 3.05) is 5.32 Å². The van der Waals surface area contributed by atoms with Crippen LogP contribution in [0.2, 0.25) is 0 Å². The van der Waals surface area contributed by atoms with Crippen molar-refractivity contribution in [2.45, 2.75) is 26.8 Å². The van der Waals surface area contributed by atoms with E-state index in [0.29, 0.717) is 24.1 Å². The number of thiophene rings is 1. The van der Waals surface area contributed by atoms with Gasteiger partial charge in [-0.15, -0.1) is 16.4 Å². The van der Waals surface area contributed by atoms with Crippen LogP contribution in [0.15, 0.2) is 45.6 Å². The smallest absolute Gasteiger partial charge is 0.227 e. The molecule has 0 unspecified atom stereocenters. The lowest BCUT2D eigenvalue weighted by Crippen LogP contribution is -2.07. The Hall–Kier alpha value is -3.13. The summed E-state index contributed by atoms with van der Waals surface area (Å²) in [6.45, 7) is 4.79. The van der Waals surface area contributed by atoms with Crippen molar-refractivity contribution in [3.63, 3.8) is 0 Å². The zero-order valence-corrected chi connectivity index (χ0v) is 15.7. The molecule has 0 saturated carbocycles. The number of aryl methyl sites for hydroxylation is 2. The Morgan fingerprint density at radius 1 is 1.15 bits per heavy atom. The Labute approximate surface area is 158 Å². The van der Waals surface area contributed by atoms with Crippen LogP contribution in [0, 0.1) is 6.92 Å². The molecule has 0 fully saturated rings. The predicted octanol–water partition coefficient (Wildman–Crippen LogP) is 4.67. The molecule has 0 bridgehead atoms. The Bertz CT molecular complexity index is 1220. The van der Waals surface area contributed by atoms with Crippen molar-refractivity contribution in [1.82, 2.24) is 19.6 Å². The summed E-state index contributed by atoms with van der Waals surface area (Å²) in [5.41, 5.74) is 2.05. The molecule has 5 aromatic rings. The van der Waals surface area contributed by atoms with E-state index in [0.717, 1.165) is 28.0 Å². The number of hydrogen-bond donors (Lipinski definition) is 1. The number of fused-ring (bicyclic) bond motifs is 3. The first-order valence-corrected chi connectivity index (χ1v) is 9.55. The first kappa shape index (κ1) is 16.1. The number of nitrogens with zero attached hydrogens (tertiary/aromatic N) is 4. The van der Waals surface area contributed by atoms with E-state index in [1.165, 1.54) is 10.4 Å². The molecule has 27 heavy (non-hydrogen) atoms. The summed E-state index contributed by atoms with van der Waals surface area (Å²) in [5.74, 6) is 2.63. The van der Waals surface area contributed by atoms with Crippen LogP contribution in [0.4, 0.5) is 5.95 Å². The van der Waals surface area contributed by atoms with Gasteiger partial charge < -0.3 is 14.2 Å². The SMILES string of the molecule is CCc1c(C)sc2nc(NCc3ccco3)n3nc(-c4ccco4)nc3c12. The monoisotopic (exact) mass is 379 g/mol. The fourth-order valence-corrected chi connectivity index (χ4v) is 4.38. The Morgan fingerprint density at radius 2 is 2.00 bits per heavy atom. The number of rotatable bonds is 5. The quantitative estimate of drug-likeness (QED) is 0.478. The van der Waals surface area contributed by atoms with Gasteiger partial charge in [0.05, 0.1) is 24.5 Å². The maximum absolute atomic E-state index is 5.49. The summed E-state index contributed by atoms with van der Waals surface area (Å²) in [6.07, 6.45) is 4.20. The summed E-state index contributed by atoms with van der Waals surface area (Å²) in [7, 11) is 0. The molecule has 0 saturated heterocycles. The normalized spacial score (nSPS) is 11.6. The van der Waals surface area contributed by atoms with Crippen LogP contribution in [0.25, 0.3) is 27.4 Å². The summed E-state index contributed by atoms with van der Waals surface area (Å²) in [6, 6.07) is 7.47. The maximum Gasteiger partial charge on any atom is 0.227 e. The van der Waals surface area contributed by atoms with Gasteiger partial charge in [-0.2, -0.15) is 4.52 Å². The van der Waals surface area contributed by atoms with Crippen molar-refractivity contribution < 1.29 is 8.83 Å². The molecule has 136 valence electrons. The van der Waals surface area contributed by atoms with Gasteiger partial charge in [-0.1, -0.05) is 6.92 Å². The molecule has 0 aliphatic heterocycles. The molecule has 0 amide bonds. The van der Waals surface area contributed by atoms with Gasteiger partial charge in [-0.25, -0.2) is 9.97 Å². The summed E-state index contributed by atoms with van der Waals surface area (Å²) in [5, 5.41) is 9.03. The molecular weight excluding hydrogens is 362 g/mol. The zero-order valence-electron chi connectivity index (χ0n) is 14.9. The average molecular weight is 379 g/mol. The van der Waals surface area contributed by atoms with Crippen LogP contribution >= 0.6 is 11.3 Å². The Morgan fingerprint density at radius 3 is 2.74 bits per heavy atom. The lowest BCUT2D eigenvalue weighted by Gasteiger charge is -2.06. The molecular formula is C19H17N5O2S. The number of hydrogen-bond acceptors (Lipinski definition) is 7. The highest BCUT2D eigenvalue weighted by Crippen LogP contribution is 2.34. The van der Waals surface area contributed by atoms with Crippen LogP contribution in [-0.2, 0) is 13.0 Å². The first-order valence-electron chi connectivity index (χ1n) is 8.73. The average Bonchev–Trinajstić information content (AvgIpc) is 3.44. The van der Waals surface area contributed by atoms with E-state index in [9.17, 15) is 0 Å². The second kappa shape index (κ2) is 6.24. The van der Waals surface area contributed by atoms with E-state index in [2.05, 4.69) is 24.3 Å². The van der Waals surface area contributed by atoms with Crippen LogP contribution in [-0.4, -0.2) is 19.6 Å². The fraction of sp³-hybridized carbons (Fsp3) is 0.211. The highest BCUT2D eigenvalue weighted by atomic mass is 32.1. The van der Waals surface area contributed by atoms with Crippen molar-refractivity contribution in [3.05, 3.63) is 53.0 Å². The van der Waals surface area contributed by atoms with E-state index in [-0.39, 0.29) is 0 Å². The molecule has 8 heteroatoms. The number of furan rings is 2. The Kier molecular flexibility index (Phi) is 3.71. The van der Waals surface area contributed by atoms with Crippen molar-refractivity contribution in [2.24, 2.45) is 0 Å². The molecule has 1 N–H and O–H groups in total. The van der Waals surface area contributed by atoms with Gasteiger partial charge in [-0.3, -0.25) is 0 Å². The standard InChI is InChI=1S/C19H17N5O2S/c1-3-13-11(2)27-18-15(13)17-21-16(14-7-5-9-26-14)23-24(17)19(22-18)20-10-12-6-4-8-25-12/h4-9H,3,10H2,1-2H3,(H,20,22). The molecule has 5 heterocycles. The Balaban J connectivity index is 1.72. The highest BCUT2D eigenvalue weighted by Gasteiger charge is 2.20. The molecule has 0 radical (unpaired) electrons. The molecule has 0 spiro atoms. The zero-order chi connectivity index (χ0) is 18.4. The minimum Gasteiger partial charge on any atom is -0.467 e. The fourth-order valence-electron chi connectivity index (χ4n) is 3.27. The van der Waals surface area contributed by atoms with Crippen LogP contribution < -0.4 is 5.32 Å². The number of nitrogens with one attached hydrogen (secondary N) is 1. The molecule has 0 aliphatic carbocycles. The van der Waals surface area contributed by atoms with Crippen molar-refractivity contribution in [1.29, 1.82) is 0 Å². The van der Waals surface area contributed by atoms with E-state index < -0.39 is 0 Å². The van der Waals surface area contributed by atoms with E-state index >= 15 is 0 Å². The third-order valence-electron chi connectivity index (χ3n) is 4.53. The number of aromatic nitrogens is 4. The maximum atomic E-state index is 5.49. The van der Waals surface area contributed by atoms with Gasteiger partial charge in [0.15, 0.2) is 11.4 Å². The first-order chi connectivity index (χ1) is 13.2. The third kappa shape index (κ3) is 2.60. The largest absolute Gasteiger partial charge is 0.467 e. The van der Waals surface area contributed by atoms with Gasteiger partial charge in [0.2, 0.25) is 11.8 Å². The lowest BCUT2D eigenvalue weighted by atomic mass is 10.1. The summed E-state index contributed by atoms with van der Waals surface area (Å²) in [4.78, 5) is 11.8. The van der Waals surface area contributed by atoms with Crippen LogP contribution in [0.1, 0.15) is 23.1 Å². The summed E-state index contributed by atoms with van der Waals surface area (Å²) >= 11 is 1.68. The van der Waals surface area contributed by atoms with E-state index in [4.69, 9.17) is 18.8 Å². The molecule has 0 aromatic carbocycles. The van der Waals surface area contributed by atoms with Crippen LogP contribution in [0.3, 0.4) is 0 Å². The predicted molar refractivity (Wildman–Crippen MR) is 104 cm³/mol. The minimum absolute atomic E-state index is 0.515. The molecule has 5 aromatic heterocycles. The number of anilines is 1. The minimum atomic E-state index is 0.515. The van der Waals surface area contributed by atoms with E-state index in [1.54, 1.807) is 28.4 Å². The van der Waals surface area contributed by atoms with E-state index in [1.807, 2.05) is 24.3 Å². The van der Waals surface area contributed by atoms with Gasteiger partial charge in [0, 0.05) is 4.88 Å². The van der Waals surface area contributed by atoms with Crippen molar-refractivity contribution in [3.8, 4) is 11.6 Å². The van der Waals surface area contributed by atoms with Crippen LogP contribution in [0.5, 0.6) is 0 Å². The third-order valence-corrected chi connectivity index (χ3v) is 5.57. The van der Waals surface area contributed by atoms with Gasteiger partial charge in [-0.05, 0) is 43.2 Å². The van der Waals surface area contributed by atoms with Gasteiger partial charge in [0.1, 0.15) is 10.6 Å². The highest BCUT2D eigenvalue weighted by molar-refractivity contribution is 7.18. The second-order valence-corrected chi connectivity index (χ2v) is 7.39. The molecule has 0 atom stereocenters. The van der Waals surface area contributed by atoms with Crippen molar-refractivity contribution >= 4 is 33.1 Å². The molecule has 7 nitrogen and oxygen atoms in total. The second-order valence-electron chi connectivity index (χ2n) is 6.19.